The van der Waals surface area contributed by atoms with E-state index in [2.05, 4.69) is 5.32 Å². The minimum atomic E-state index is -0.433. The van der Waals surface area contributed by atoms with Crippen molar-refractivity contribution < 1.29 is 28.5 Å². The fraction of sp³-hybridized carbons (Fsp3) is 0.579. The van der Waals surface area contributed by atoms with E-state index in [-0.39, 0.29) is 25.0 Å². The SMILES string of the molecule is CCC[C@H](C)NC(=O)COC(=O)CCc1cc(OC)c(OC)c(OC)c1. The molecule has 0 fully saturated rings. The summed E-state index contributed by atoms with van der Waals surface area (Å²) >= 11 is 0. The number of hydrogen-bond acceptors (Lipinski definition) is 6. The van der Waals surface area contributed by atoms with E-state index in [1.165, 1.54) is 21.3 Å². The molecule has 1 amide bonds. The van der Waals surface area contributed by atoms with Crippen LogP contribution >= 0.6 is 0 Å². The van der Waals surface area contributed by atoms with Crippen molar-refractivity contribution in [2.45, 2.75) is 45.6 Å². The van der Waals surface area contributed by atoms with Gasteiger partial charge in [-0.2, -0.15) is 0 Å². The van der Waals surface area contributed by atoms with Crippen LogP contribution in [0.1, 0.15) is 38.7 Å². The Bertz CT molecular complexity index is 577. The zero-order chi connectivity index (χ0) is 19.5. The van der Waals surface area contributed by atoms with Crippen LogP contribution in [-0.4, -0.2) is 45.9 Å². The van der Waals surface area contributed by atoms with Crippen LogP contribution in [-0.2, 0) is 20.7 Å². The number of esters is 1. The Balaban J connectivity index is 2.53. The van der Waals surface area contributed by atoms with E-state index in [1.807, 2.05) is 13.8 Å². The van der Waals surface area contributed by atoms with Crippen molar-refractivity contribution in [3.05, 3.63) is 17.7 Å². The number of carbonyl (C=O) groups excluding carboxylic acids is 2. The van der Waals surface area contributed by atoms with Crippen LogP contribution in [0.2, 0.25) is 0 Å². The molecule has 0 bridgehead atoms. The number of hydrogen-bond donors (Lipinski definition) is 1. The van der Waals surface area contributed by atoms with Gasteiger partial charge in [-0.3, -0.25) is 9.59 Å². The van der Waals surface area contributed by atoms with E-state index in [0.29, 0.717) is 23.7 Å². The summed E-state index contributed by atoms with van der Waals surface area (Å²) in [4.78, 5) is 23.6. The molecule has 0 heterocycles. The molecule has 7 nitrogen and oxygen atoms in total. The monoisotopic (exact) mass is 367 g/mol. The molecule has 1 atom stereocenters. The van der Waals surface area contributed by atoms with Crippen LogP contribution in [0, 0.1) is 0 Å². The Labute approximate surface area is 155 Å². The van der Waals surface area contributed by atoms with Crippen molar-refractivity contribution in [3.63, 3.8) is 0 Å². The van der Waals surface area contributed by atoms with Gasteiger partial charge < -0.3 is 24.3 Å². The molecule has 0 spiro atoms. The van der Waals surface area contributed by atoms with Gasteiger partial charge in [0.15, 0.2) is 18.1 Å². The molecule has 0 aliphatic carbocycles. The van der Waals surface area contributed by atoms with Crippen molar-refractivity contribution in [2.75, 3.05) is 27.9 Å². The van der Waals surface area contributed by atoms with Crippen molar-refractivity contribution >= 4 is 11.9 Å². The highest BCUT2D eigenvalue weighted by molar-refractivity contribution is 5.80. The first-order valence-electron chi connectivity index (χ1n) is 8.68. The first-order valence-corrected chi connectivity index (χ1v) is 8.68. The summed E-state index contributed by atoms with van der Waals surface area (Å²) < 4.78 is 20.9. The van der Waals surface area contributed by atoms with Crippen LogP contribution in [0.15, 0.2) is 12.1 Å². The third-order valence-electron chi connectivity index (χ3n) is 3.84. The van der Waals surface area contributed by atoms with Gasteiger partial charge in [0.25, 0.3) is 5.91 Å². The highest BCUT2D eigenvalue weighted by Crippen LogP contribution is 2.38. The second kappa shape index (κ2) is 11.2. The number of carbonyl (C=O) groups is 2. The zero-order valence-corrected chi connectivity index (χ0v) is 16.2. The predicted molar refractivity (Wildman–Crippen MR) is 97.9 cm³/mol. The summed E-state index contributed by atoms with van der Waals surface area (Å²) in [5.41, 5.74) is 0.845. The quantitative estimate of drug-likeness (QED) is 0.605. The smallest absolute Gasteiger partial charge is 0.306 e. The van der Waals surface area contributed by atoms with Gasteiger partial charge >= 0.3 is 5.97 Å². The maximum absolute atomic E-state index is 11.9. The first kappa shape index (κ1) is 21.6. The lowest BCUT2D eigenvalue weighted by Crippen LogP contribution is -2.35. The molecule has 146 valence electrons. The number of amides is 1. The third-order valence-corrected chi connectivity index (χ3v) is 3.84. The molecule has 0 unspecified atom stereocenters. The topological polar surface area (TPSA) is 83.1 Å². The van der Waals surface area contributed by atoms with Crippen molar-refractivity contribution in [1.29, 1.82) is 0 Å². The second-order valence-corrected chi connectivity index (χ2v) is 5.95. The fourth-order valence-electron chi connectivity index (χ4n) is 2.57. The molecule has 7 heteroatoms. The summed E-state index contributed by atoms with van der Waals surface area (Å²) in [6, 6.07) is 3.65. The first-order chi connectivity index (χ1) is 12.4. The molecule has 0 aromatic heterocycles. The van der Waals surface area contributed by atoms with E-state index in [4.69, 9.17) is 18.9 Å². The zero-order valence-electron chi connectivity index (χ0n) is 16.2. The van der Waals surface area contributed by atoms with Crippen molar-refractivity contribution in [3.8, 4) is 17.2 Å². The predicted octanol–water partition coefficient (Wildman–Crippen LogP) is 2.49. The lowest BCUT2D eigenvalue weighted by Gasteiger charge is -2.14. The Hall–Kier alpha value is -2.44. The standard InChI is InChI=1S/C19H29NO6/c1-6-7-13(2)20-17(21)12-26-18(22)9-8-14-10-15(23-3)19(25-5)16(11-14)24-4/h10-11,13H,6-9,12H2,1-5H3,(H,20,21)/t13-/m0/s1. The average Bonchev–Trinajstić information content (AvgIpc) is 2.63. The van der Waals surface area contributed by atoms with Gasteiger partial charge in [-0.1, -0.05) is 13.3 Å². The normalized spacial score (nSPS) is 11.4. The maximum atomic E-state index is 11.9. The van der Waals surface area contributed by atoms with Crippen LogP contribution in [0.4, 0.5) is 0 Å². The molecule has 0 saturated carbocycles. The van der Waals surface area contributed by atoms with Gasteiger partial charge in [-0.05, 0) is 37.5 Å². The summed E-state index contributed by atoms with van der Waals surface area (Å²) in [6.07, 6.45) is 2.46. The van der Waals surface area contributed by atoms with Crippen LogP contribution in [0.5, 0.6) is 17.2 Å². The third kappa shape index (κ3) is 6.82. The van der Waals surface area contributed by atoms with Gasteiger partial charge in [-0.15, -0.1) is 0 Å². The molecule has 1 aromatic carbocycles. The van der Waals surface area contributed by atoms with Crippen molar-refractivity contribution in [2.24, 2.45) is 0 Å². The minimum Gasteiger partial charge on any atom is -0.493 e. The Morgan fingerprint density at radius 2 is 1.69 bits per heavy atom. The molecule has 26 heavy (non-hydrogen) atoms. The Kier molecular flexibility index (Phi) is 9.33. The van der Waals surface area contributed by atoms with Gasteiger partial charge in [0, 0.05) is 12.5 Å². The average molecular weight is 367 g/mol. The number of ether oxygens (including phenoxy) is 4. The van der Waals surface area contributed by atoms with Crippen molar-refractivity contribution in [1.82, 2.24) is 5.32 Å². The largest absolute Gasteiger partial charge is 0.493 e. The summed E-state index contributed by atoms with van der Waals surface area (Å²) in [5.74, 6) is 0.836. The van der Waals surface area contributed by atoms with E-state index in [1.54, 1.807) is 12.1 Å². The molecule has 0 aliphatic rings. The highest BCUT2D eigenvalue weighted by atomic mass is 16.5. The van der Waals surface area contributed by atoms with E-state index in [9.17, 15) is 9.59 Å². The number of benzene rings is 1. The minimum absolute atomic E-state index is 0.0745. The summed E-state index contributed by atoms with van der Waals surface area (Å²) in [5, 5.41) is 2.79. The van der Waals surface area contributed by atoms with E-state index >= 15 is 0 Å². The molecule has 1 aromatic rings. The van der Waals surface area contributed by atoms with Gasteiger partial charge in [0.1, 0.15) is 0 Å². The molecular formula is C19H29NO6. The number of nitrogens with one attached hydrogen (secondary N) is 1. The van der Waals surface area contributed by atoms with E-state index in [0.717, 1.165) is 18.4 Å². The maximum Gasteiger partial charge on any atom is 0.306 e. The molecule has 0 aliphatic heterocycles. The molecule has 1 N–H and O–H groups in total. The van der Waals surface area contributed by atoms with Gasteiger partial charge in [0.2, 0.25) is 5.75 Å². The Morgan fingerprint density at radius 1 is 1.08 bits per heavy atom. The lowest BCUT2D eigenvalue weighted by molar-refractivity contribution is -0.148. The van der Waals surface area contributed by atoms with E-state index < -0.39 is 5.97 Å². The molecular weight excluding hydrogens is 338 g/mol. The summed E-state index contributed by atoms with van der Waals surface area (Å²) in [7, 11) is 4.60. The number of rotatable bonds is 11. The summed E-state index contributed by atoms with van der Waals surface area (Å²) in [6.45, 7) is 3.71. The molecule has 0 saturated heterocycles. The second-order valence-electron chi connectivity index (χ2n) is 5.95. The van der Waals surface area contributed by atoms with Gasteiger partial charge in [0.05, 0.1) is 21.3 Å². The molecule has 0 radical (unpaired) electrons. The van der Waals surface area contributed by atoms with Crippen LogP contribution in [0.3, 0.4) is 0 Å². The van der Waals surface area contributed by atoms with Gasteiger partial charge in [-0.25, -0.2) is 0 Å². The van der Waals surface area contributed by atoms with Crippen LogP contribution < -0.4 is 19.5 Å². The van der Waals surface area contributed by atoms with Crippen LogP contribution in [0.25, 0.3) is 0 Å². The lowest BCUT2D eigenvalue weighted by atomic mass is 10.1. The highest BCUT2D eigenvalue weighted by Gasteiger charge is 2.15. The number of methoxy groups -OCH3 is 3. The molecule has 1 rings (SSSR count). The Morgan fingerprint density at radius 3 is 2.19 bits per heavy atom. The fourth-order valence-corrected chi connectivity index (χ4v) is 2.57. The number of aryl methyl sites for hydroxylation is 1.